The molecule has 1 spiro atoms. The fourth-order valence-electron chi connectivity index (χ4n) is 3.88. The molecular weight excluding hydrogens is 332 g/mol. The first-order chi connectivity index (χ1) is 12.3. The maximum Gasteiger partial charge on any atom is 0.263 e. The Morgan fingerprint density at radius 3 is 2.81 bits per heavy atom. The Balaban J connectivity index is 1.43. The summed E-state index contributed by atoms with van der Waals surface area (Å²) in [4.78, 5) is 31.7. The van der Waals surface area contributed by atoms with Crippen molar-refractivity contribution in [1.82, 2.24) is 25.5 Å². The molecule has 2 aliphatic carbocycles. The van der Waals surface area contributed by atoms with E-state index in [4.69, 9.17) is 0 Å². The number of aromatic nitrogens is 4. The first kappa shape index (κ1) is 17.1. The van der Waals surface area contributed by atoms with Gasteiger partial charge in [0.15, 0.2) is 5.65 Å². The highest BCUT2D eigenvalue weighted by Gasteiger charge is 2.61. The molecule has 2 aromatic rings. The van der Waals surface area contributed by atoms with Crippen molar-refractivity contribution in [3.8, 4) is 0 Å². The van der Waals surface area contributed by atoms with Crippen LogP contribution in [0.1, 0.15) is 46.5 Å². The maximum absolute atomic E-state index is 12.7. The number of carbonyl (C=O) groups excluding carboxylic acids is 1. The molecule has 2 fully saturated rings. The third-order valence-electron chi connectivity index (χ3n) is 6.01. The van der Waals surface area contributed by atoms with Crippen LogP contribution < -0.4 is 16.2 Å². The fourth-order valence-corrected chi connectivity index (χ4v) is 3.88. The van der Waals surface area contributed by atoms with Gasteiger partial charge in [-0.05, 0) is 30.1 Å². The van der Waals surface area contributed by atoms with Gasteiger partial charge in [0.25, 0.3) is 5.56 Å². The minimum Gasteiger partial charge on any atom is -0.354 e. The number of hydrogen-bond donors (Lipinski definition) is 4. The van der Waals surface area contributed by atoms with Crippen LogP contribution in [0.25, 0.3) is 11.0 Å². The molecule has 2 atom stereocenters. The van der Waals surface area contributed by atoms with Crippen molar-refractivity contribution in [3.05, 3.63) is 16.6 Å². The molecule has 0 radical (unpaired) electrons. The normalized spacial score (nSPS) is 22.0. The molecular formula is C18H26N6O2. The van der Waals surface area contributed by atoms with E-state index in [1.807, 2.05) is 0 Å². The highest BCUT2D eigenvalue weighted by atomic mass is 16.2. The monoisotopic (exact) mass is 358 g/mol. The summed E-state index contributed by atoms with van der Waals surface area (Å²) in [6, 6.07) is -0.0736. The summed E-state index contributed by atoms with van der Waals surface area (Å²) in [7, 11) is 0. The SMILES string of the molecule is CC(C)(C)C(CNc1nc2[nH]ncc2c(=O)[nH]1)NC(=O)C1CC12CCC2. The molecule has 0 saturated heterocycles. The molecule has 8 heteroatoms. The fraction of sp³-hybridized carbons (Fsp3) is 0.667. The number of hydrogen-bond acceptors (Lipinski definition) is 5. The quantitative estimate of drug-likeness (QED) is 0.650. The molecule has 4 rings (SSSR count). The summed E-state index contributed by atoms with van der Waals surface area (Å²) in [6.45, 7) is 6.78. The van der Waals surface area contributed by atoms with Gasteiger partial charge in [0.05, 0.1) is 12.2 Å². The number of H-pyrrole nitrogens is 2. The van der Waals surface area contributed by atoms with Crippen molar-refractivity contribution in [3.63, 3.8) is 0 Å². The number of amides is 1. The Bertz CT molecular complexity index is 889. The van der Waals surface area contributed by atoms with Crippen LogP contribution in [0, 0.1) is 16.7 Å². The van der Waals surface area contributed by atoms with Gasteiger partial charge in [-0.15, -0.1) is 0 Å². The van der Waals surface area contributed by atoms with Gasteiger partial charge < -0.3 is 10.6 Å². The van der Waals surface area contributed by atoms with Crippen LogP contribution in [-0.2, 0) is 4.79 Å². The summed E-state index contributed by atoms with van der Waals surface area (Å²) in [6.07, 6.45) is 6.13. The molecule has 1 amide bonds. The van der Waals surface area contributed by atoms with E-state index in [1.54, 1.807) is 0 Å². The minimum absolute atomic E-state index is 0.0736. The summed E-state index contributed by atoms with van der Waals surface area (Å²) in [5.74, 6) is 0.717. The van der Waals surface area contributed by atoms with Crippen LogP contribution in [0.3, 0.4) is 0 Å². The zero-order valence-electron chi connectivity index (χ0n) is 15.5. The molecule has 2 aromatic heterocycles. The van der Waals surface area contributed by atoms with Crippen LogP contribution in [0.5, 0.6) is 0 Å². The number of nitrogens with one attached hydrogen (secondary N) is 4. The molecule has 8 nitrogen and oxygen atoms in total. The van der Waals surface area contributed by atoms with Crippen molar-refractivity contribution in [2.45, 2.75) is 52.5 Å². The average Bonchev–Trinajstić information content (AvgIpc) is 3.14. The average molecular weight is 358 g/mol. The smallest absolute Gasteiger partial charge is 0.263 e. The van der Waals surface area contributed by atoms with Crippen molar-refractivity contribution in [2.75, 3.05) is 11.9 Å². The lowest BCUT2D eigenvalue weighted by Gasteiger charge is -2.33. The van der Waals surface area contributed by atoms with Crippen LogP contribution in [0.15, 0.2) is 11.0 Å². The van der Waals surface area contributed by atoms with E-state index in [2.05, 4.69) is 51.6 Å². The second-order valence-electron chi connectivity index (χ2n) is 8.83. The van der Waals surface area contributed by atoms with Gasteiger partial charge in [0.2, 0.25) is 11.9 Å². The lowest BCUT2D eigenvalue weighted by Crippen LogP contribution is -2.49. The van der Waals surface area contributed by atoms with Crippen LogP contribution >= 0.6 is 0 Å². The van der Waals surface area contributed by atoms with Crippen molar-refractivity contribution < 1.29 is 4.79 Å². The number of nitrogens with zero attached hydrogens (tertiary/aromatic N) is 2. The molecule has 26 heavy (non-hydrogen) atoms. The van der Waals surface area contributed by atoms with E-state index in [0.29, 0.717) is 28.9 Å². The van der Waals surface area contributed by atoms with E-state index in [9.17, 15) is 9.59 Å². The topological polar surface area (TPSA) is 116 Å². The highest BCUT2D eigenvalue weighted by Crippen LogP contribution is 2.65. The summed E-state index contributed by atoms with van der Waals surface area (Å²) in [5, 5.41) is 13.3. The van der Waals surface area contributed by atoms with Gasteiger partial charge in [0.1, 0.15) is 5.39 Å². The number of anilines is 1. The van der Waals surface area contributed by atoms with E-state index < -0.39 is 0 Å². The molecule has 0 aliphatic heterocycles. The first-order valence-corrected chi connectivity index (χ1v) is 9.26. The summed E-state index contributed by atoms with van der Waals surface area (Å²) >= 11 is 0. The third kappa shape index (κ3) is 2.97. The Labute approximate surface area is 151 Å². The van der Waals surface area contributed by atoms with Crippen molar-refractivity contribution >= 4 is 22.9 Å². The Morgan fingerprint density at radius 1 is 1.42 bits per heavy atom. The zero-order valence-corrected chi connectivity index (χ0v) is 15.5. The van der Waals surface area contributed by atoms with Gasteiger partial charge in [0, 0.05) is 12.5 Å². The van der Waals surface area contributed by atoms with Crippen LogP contribution in [0.2, 0.25) is 0 Å². The standard InChI is InChI=1S/C18H26N6O2/c1-17(2,3)12(21-15(26)11-7-18(11)5-4-6-18)9-19-16-22-13-10(8-20-24-13)14(25)23-16/h8,11-12H,4-7,9H2,1-3H3,(H,21,26)(H3,19,20,22,23,24,25). The van der Waals surface area contributed by atoms with E-state index in [0.717, 1.165) is 6.42 Å². The minimum atomic E-state index is -0.243. The van der Waals surface area contributed by atoms with Crippen LogP contribution in [-0.4, -0.2) is 38.7 Å². The summed E-state index contributed by atoms with van der Waals surface area (Å²) in [5.41, 5.74) is 0.395. The molecule has 2 unspecified atom stereocenters. The Kier molecular flexibility index (Phi) is 3.82. The predicted octanol–water partition coefficient (Wildman–Crippen LogP) is 1.78. The second kappa shape index (κ2) is 5.82. The van der Waals surface area contributed by atoms with Gasteiger partial charge in [-0.25, -0.2) is 0 Å². The highest BCUT2D eigenvalue weighted by molar-refractivity contribution is 5.83. The maximum atomic E-state index is 12.7. The van der Waals surface area contributed by atoms with Gasteiger partial charge in [-0.1, -0.05) is 27.2 Å². The van der Waals surface area contributed by atoms with Gasteiger partial charge in [-0.3, -0.25) is 19.7 Å². The van der Waals surface area contributed by atoms with Gasteiger partial charge >= 0.3 is 0 Å². The molecule has 2 aliphatic rings. The third-order valence-corrected chi connectivity index (χ3v) is 6.01. The molecule has 2 heterocycles. The molecule has 4 N–H and O–H groups in total. The zero-order chi connectivity index (χ0) is 18.5. The molecule has 0 bridgehead atoms. The Morgan fingerprint density at radius 2 is 2.19 bits per heavy atom. The van der Waals surface area contributed by atoms with E-state index in [1.165, 1.54) is 25.5 Å². The van der Waals surface area contributed by atoms with Gasteiger partial charge in [-0.2, -0.15) is 10.1 Å². The molecule has 2 saturated carbocycles. The van der Waals surface area contributed by atoms with E-state index >= 15 is 0 Å². The lowest BCUT2D eigenvalue weighted by molar-refractivity contribution is -0.125. The lowest BCUT2D eigenvalue weighted by atomic mass is 9.79. The van der Waals surface area contributed by atoms with Crippen molar-refractivity contribution in [1.29, 1.82) is 0 Å². The predicted molar refractivity (Wildman–Crippen MR) is 98.8 cm³/mol. The molecule has 0 aromatic carbocycles. The van der Waals surface area contributed by atoms with E-state index in [-0.39, 0.29) is 28.8 Å². The number of fused-ring (bicyclic) bond motifs is 1. The van der Waals surface area contributed by atoms with Crippen LogP contribution in [0.4, 0.5) is 5.95 Å². The van der Waals surface area contributed by atoms with Crippen molar-refractivity contribution in [2.24, 2.45) is 16.7 Å². The largest absolute Gasteiger partial charge is 0.354 e. The summed E-state index contributed by atoms with van der Waals surface area (Å²) < 4.78 is 0. The Hall–Kier alpha value is -2.38. The number of carbonyl (C=O) groups is 1. The second-order valence-corrected chi connectivity index (χ2v) is 8.83. The number of rotatable bonds is 5. The number of aromatic amines is 2. The molecule has 140 valence electrons. The first-order valence-electron chi connectivity index (χ1n) is 9.26.